The molecule has 0 aliphatic carbocycles. The molecule has 2 aliphatic rings. The molecule has 0 saturated carbocycles. The second-order valence-electron chi connectivity index (χ2n) is 9.46. The van der Waals surface area contributed by atoms with Crippen LogP contribution in [-0.4, -0.2) is 57.2 Å². The number of fused-ring (bicyclic) bond motifs is 1. The molecule has 1 saturated heterocycles. The van der Waals surface area contributed by atoms with Gasteiger partial charge in [-0.15, -0.1) is 0 Å². The third-order valence-corrected chi connectivity index (χ3v) is 7.13. The van der Waals surface area contributed by atoms with Gasteiger partial charge in [-0.3, -0.25) is 9.69 Å². The van der Waals surface area contributed by atoms with Crippen LogP contribution in [0.3, 0.4) is 0 Å². The van der Waals surface area contributed by atoms with Crippen molar-refractivity contribution in [2.45, 2.75) is 25.8 Å². The van der Waals surface area contributed by atoms with Crippen LogP contribution in [0.15, 0.2) is 72.8 Å². The molecule has 6 nitrogen and oxygen atoms in total. The molecule has 0 unspecified atom stereocenters. The van der Waals surface area contributed by atoms with Crippen molar-refractivity contribution in [2.24, 2.45) is 0 Å². The molecule has 0 bridgehead atoms. The minimum atomic E-state index is 0.177. The number of benzene rings is 3. The van der Waals surface area contributed by atoms with Crippen LogP contribution in [0, 0.1) is 0 Å². The van der Waals surface area contributed by atoms with Crippen molar-refractivity contribution in [1.29, 1.82) is 0 Å². The van der Waals surface area contributed by atoms with Gasteiger partial charge >= 0.3 is 0 Å². The zero-order chi connectivity index (χ0) is 24.7. The molecule has 0 N–H and O–H groups in total. The molecular formula is C30H35N3O3. The first-order chi connectivity index (χ1) is 17.7. The van der Waals surface area contributed by atoms with Gasteiger partial charge in [-0.25, -0.2) is 0 Å². The Hall–Kier alpha value is -3.51. The maximum Gasteiger partial charge on any atom is 0.227 e. The summed E-state index contributed by atoms with van der Waals surface area (Å²) >= 11 is 0. The van der Waals surface area contributed by atoms with E-state index < -0.39 is 0 Å². The molecule has 1 fully saturated rings. The van der Waals surface area contributed by atoms with Crippen molar-refractivity contribution in [1.82, 2.24) is 4.90 Å². The van der Waals surface area contributed by atoms with E-state index in [2.05, 4.69) is 40.1 Å². The van der Waals surface area contributed by atoms with Gasteiger partial charge < -0.3 is 19.3 Å². The topological polar surface area (TPSA) is 45.2 Å². The number of hydrogen-bond donors (Lipinski definition) is 0. The number of ether oxygens (including phenoxy) is 2. The summed E-state index contributed by atoms with van der Waals surface area (Å²) in [6.45, 7) is 6.34. The number of carbonyl (C=O) groups is 1. The van der Waals surface area contributed by atoms with Crippen LogP contribution < -0.4 is 19.3 Å². The monoisotopic (exact) mass is 485 g/mol. The number of rotatable bonds is 9. The van der Waals surface area contributed by atoms with Crippen LogP contribution in [0.25, 0.3) is 0 Å². The highest BCUT2D eigenvalue weighted by molar-refractivity contribution is 5.96. The van der Waals surface area contributed by atoms with E-state index in [1.165, 1.54) is 11.3 Å². The minimum absolute atomic E-state index is 0.177. The molecular weight excluding hydrogens is 450 g/mol. The summed E-state index contributed by atoms with van der Waals surface area (Å²) in [5.74, 6) is 1.95. The van der Waals surface area contributed by atoms with E-state index in [9.17, 15) is 4.79 Å². The smallest absolute Gasteiger partial charge is 0.227 e. The van der Waals surface area contributed by atoms with Crippen LogP contribution in [0.4, 0.5) is 11.4 Å². The second-order valence-corrected chi connectivity index (χ2v) is 9.46. The molecule has 2 aliphatic heterocycles. The van der Waals surface area contributed by atoms with E-state index in [1.807, 2.05) is 47.4 Å². The van der Waals surface area contributed by atoms with E-state index in [-0.39, 0.29) is 5.91 Å². The second kappa shape index (κ2) is 11.5. The standard InChI is InChI=1S/C30H35N3O3/c1-35-29-11-6-5-10-27(29)32-19-17-31(18-20-32)16-7-21-36-26-14-12-25-13-15-30(34)33(28(25)22-26)23-24-8-3-2-4-9-24/h2-6,8-12,14,22H,7,13,15-21,23H2,1H3. The molecule has 3 aromatic rings. The van der Waals surface area contributed by atoms with Crippen LogP contribution in [-0.2, 0) is 17.8 Å². The lowest BCUT2D eigenvalue weighted by Crippen LogP contribution is -2.46. The molecule has 1 amide bonds. The number of piperazine rings is 1. The Labute approximate surface area is 214 Å². The lowest BCUT2D eigenvalue weighted by molar-refractivity contribution is -0.119. The number of para-hydroxylation sites is 2. The van der Waals surface area contributed by atoms with Crippen molar-refractivity contribution < 1.29 is 14.3 Å². The fourth-order valence-electron chi connectivity index (χ4n) is 5.13. The predicted octanol–water partition coefficient (Wildman–Crippen LogP) is 4.77. The van der Waals surface area contributed by atoms with Gasteiger partial charge in [0.15, 0.2) is 0 Å². The van der Waals surface area contributed by atoms with E-state index in [0.29, 0.717) is 19.6 Å². The van der Waals surface area contributed by atoms with E-state index >= 15 is 0 Å². The Morgan fingerprint density at radius 2 is 1.61 bits per heavy atom. The minimum Gasteiger partial charge on any atom is -0.495 e. The number of nitrogens with zero attached hydrogens (tertiary/aromatic N) is 3. The van der Waals surface area contributed by atoms with Gasteiger partial charge in [-0.1, -0.05) is 48.5 Å². The average Bonchev–Trinajstić information content (AvgIpc) is 2.93. The van der Waals surface area contributed by atoms with Crippen LogP contribution in [0.5, 0.6) is 11.5 Å². The maximum absolute atomic E-state index is 12.7. The molecule has 0 aromatic heterocycles. The van der Waals surface area contributed by atoms with Crippen LogP contribution >= 0.6 is 0 Å². The summed E-state index contributed by atoms with van der Waals surface area (Å²) in [7, 11) is 1.73. The summed E-state index contributed by atoms with van der Waals surface area (Å²) in [4.78, 5) is 19.5. The first-order valence-corrected chi connectivity index (χ1v) is 12.9. The van der Waals surface area contributed by atoms with E-state index in [4.69, 9.17) is 9.47 Å². The predicted molar refractivity (Wildman–Crippen MR) is 144 cm³/mol. The molecule has 0 atom stereocenters. The maximum atomic E-state index is 12.7. The highest BCUT2D eigenvalue weighted by Crippen LogP contribution is 2.33. The quantitative estimate of drug-likeness (QED) is 0.409. The van der Waals surface area contributed by atoms with Gasteiger partial charge in [0.1, 0.15) is 11.5 Å². The summed E-state index contributed by atoms with van der Waals surface area (Å²) in [6, 6.07) is 24.6. The summed E-state index contributed by atoms with van der Waals surface area (Å²) in [5.41, 5.74) is 4.51. The summed E-state index contributed by atoms with van der Waals surface area (Å²) in [5, 5.41) is 0. The summed E-state index contributed by atoms with van der Waals surface area (Å²) in [6.07, 6.45) is 2.32. The highest BCUT2D eigenvalue weighted by Gasteiger charge is 2.25. The molecule has 188 valence electrons. The lowest BCUT2D eigenvalue weighted by Gasteiger charge is -2.36. The molecule has 0 radical (unpaired) electrons. The number of methoxy groups -OCH3 is 1. The van der Waals surface area contributed by atoms with Gasteiger partial charge in [0.2, 0.25) is 5.91 Å². The molecule has 0 spiro atoms. The Morgan fingerprint density at radius 3 is 2.42 bits per heavy atom. The van der Waals surface area contributed by atoms with Crippen LogP contribution in [0.1, 0.15) is 24.0 Å². The molecule has 3 aromatic carbocycles. The Balaban J connectivity index is 1.11. The number of hydrogen-bond acceptors (Lipinski definition) is 5. The fourth-order valence-corrected chi connectivity index (χ4v) is 5.13. The number of anilines is 2. The van der Waals surface area contributed by atoms with E-state index in [1.54, 1.807) is 7.11 Å². The molecule has 5 rings (SSSR count). The van der Waals surface area contributed by atoms with Crippen molar-refractivity contribution in [2.75, 3.05) is 56.2 Å². The first-order valence-electron chi connectivity index (χ1n) is 12.9. The summed E-state index contributed by atoms with van der Waals surface area (Å²) < 4.78 is 11.7. The Morgan fingerprint density at radius 1 is 0.833 bits per heavy atom. The molecule has 36 heavy (non-hydrogen) atoms. The fraction of sp³-hybridized carbons (Fsp3) is 0.367. The average molecular weight is 486 g/mol. The molecule has 2 heterocycles. The van der Waals surface area contributed by atoms with Gasteiger partial charge in [0, 0.05) is 45.2 Å². The highest BCUT2D eigenvalue weighted by atomic mass is 16.5. The third kappa shape index (κ3) is 5.65. The number of aryl methyl sites for hydroxylation is 1. The van der Waals surface area contributed by atoms with Gasteiger partial charge in [-0.2, -0.15) is 0 Å². The van der Waals surface area contributed by atoms with E-state index in [0.717, 1.165) is 68.3 Å². The number of amides is 1. The number of carbonyl (C=O) groups excluding carboxylic acids is 1. The van der Waals surface area contributed by atoms with Gasteiger partial charge in [0.25, 0.3) is 0 Å². The van der Waals surface area contributed by atoms with Crippen molar-refractivity contribution in [3.8, 4) is 11.5 Å². The van der Waals surface area contributed by atoms with Gasteiger partial charge in [-0.05, 0) is 42.2 Å². The Kier molecular flexibility index (Phi) is 7.72. The third-order valence-electron chi connectivity index (χ3n) is 7.13. The van der Waals surface area contributed by atoms with Crippen molar-refractivity contribution in [3.63, 3.8) is 0 Å². The van der Waals surface area contributed by atoms with Crippen LogP contribution in [0.2, 0.25) is 0 Å². The Bertz CT molecular complexity index is 1160. The first kappa shape index (κ1) is 24.2. The molecule has 6 heteroatoms. The normalized spacial score (nSPS) is 16.1. The zero-order valence-corrected chi connectivity index (χ0v) is 21.1. The lowest BCUT2D eigenvalue weighted by atomic mass is 10.00. The van der Waals surface area contributed by atoms with Crippen molar-refractivity contribution in [3.05, 3.63) is 83.9 Å². The SMILES string of the molecule is COc1ccccc1N1CCN(CCCOc2ccc3c(c2)N(Cc2ccccc2)C(=O)CC3)CC1. The largest absolute Gasteiger partial charge is 0.495 e. The van der Waals surface area contributed by atoms with Crippen molar-refractivity contribution >= 4 is 17.3 Å². The van der Waals surface area contributed by atoms with Gasteiger partial charge in [0.05, 0.1) is 31.6 Å². The zero-order valence-electron chi connectivity index (χ0n) is 21.1.